The van der Waals surface area contributed by atoms with Crippen LogP contribution in [0.4, 0.5) is 5.69 Å². The molecule has 97 valence electrons. The molecule has 3 rings (SSSR count). The SMILES string of the molecule is [c]1cccc(N2CCN(Cc3ccccc3)CC2)c1. The van der Waals surface area contributed by atoms with E-state index in [2.05, 4.69) is 64.4 Å². The van der Waals surface area contributed by atoms with Gasteiger partial charge in [0.2, 0.25) is 0 Å². The van der Waals surface area contributed by atoms with Crippen LogP contribution in [0.15, 0.2) is 54.6 Å². The number of hydrogen-bond donors (Lipinski definition) is 0. The third-order valence-corrected chi connectivity index (χ3v) is 3.68. The third kappa shape index (κ3) is 3.15. The van der Waals surface area contributed by atoms with Gasteiger partial charge in [0.15, 0.2) is 0 Å². The summed E-state index contributed by atoms with van der Waals surface area (Å²) in [7, 11) is 0. The molecule has 0 bridgehead atoms. The van der Waals surface area contributed by atoms with Gasteiger partial charge in [0.1, 0.15) is 0 Å². The average molecular weight is 251 g/mol. The van der Waals surface area contributed by atoms with Crippen LogP contribution in [0.1, 0.15) is 5.56 Å². The summed E-state index contributed by atoms with van der Waals surface area (Å²) in [6, 6.07) is 22.1. The number of benzene rings is 2. The Labute approximate surface area is 115 Å². The lowest BCUT2D eigenvalue weighted by atomic mass is 10.2. The van der Waals surface area contributed by atoms with Gasteiger partial charge in [0.25, 0.3) is 0 Å². The first-order valence-electron chi connectivity index (χ1n) is 6.89. The summed E-state index contributed by atoms with van der Waals surface area (Å²) in [4.78, 5) is 4.97. The van der Waals surface area contributed by atoms with Crippen LogP contribution in [0.3, 0.4) is 0 Å². The first-order valence-corrected chi connectivity index (χ1v) is 6.89. The van der Waals surface area contributed by atoms with Crippen molar-refractivity contribution in [3.8, 4) is 0 Å². The van der Waals surface area contributed by atoms with Crippen molar-refractivity contribution in [2.75, 3.05) is 31.1 Å². The lowest BCUT2D eigenvalue weighted by Gasteiger charge is -2.36. The van der Waals surface area contributed by atoms with Gasteiger partial charge in [-0.1, -0.05) is 42.5 Å². The van der Waals surface area contributed by atoms with Crippen LogP contribution in [0.25, 0.3) is 0 Å². The lowest BCUT2D eigenvalue weighted by Crippen LogP contribution is -2.45. The average Bonchev–Trinajstić information content (AvgIpc) is 2.50. The molecule has 2 heteroatoms. The molecule has 1 fully saturated rings. The molecule has 0 unspecified atom stereocenters. The molecule has 2 aromatic carbocycles. The molecule has 1 aliphatic heterocycles. The van der Waals surface area contributed by atoms with Crippen molar-refractivity contribution >= 4 is 5.69 Å². The van der Waals surface area contributed by atoms with E-state index in [4.69, 9.17) is 0 Å². The molecular formula is C17H19N2. The monoisotopic (exact) mass is 251 g/mol. The lowest BCUT2D eigenvalue weighted by molar-refractivity contribution is 0.250. The van der Waals surface area contributed by atoms with Gasteiger partial charge in [-0.3, -0.25) is 4.90 Å². The molecule has 0 N–H and O–H groups in total. The van der Waals surface area contributed by atoms with E-state index in [1.54, 1.807) is 0 Å². The second-order valence-electron chi connectivity index (χ2n) is 5.01. The number of hydrogen-bond acceptors (Lipinski definition) is 2. The van der Waals surface area contributed by atoms with Gasteiger partial charge in [-0.25, -0.2) is 0 Å². The van der Waals surface area contributed by atoms with Crippen LogP contribution < -0.4 is 4.90 Å². The van der Waals surface area contributed by atoms with E-state index < -0.39 is 0 Å². The van der Waals surface area contributed by atoms with Crippen molar-refractivity contribution in [3.63, 3.8) is 0 Å². The zero-order valence-electron chi connectivity index (χ0n) is 11.1. The fourth-order valence-electron chi connectivity index (χ4n) is 2.59. The molecule has 2 aromatic rings. The minimum absolute atomic E-state index is 1.07. The highest BCUT2D eigenvalue weighted by Gasteiger charge is 2.16. The Morgan fingerprint density at radius 3 is 2.37 bits per heavy atom. The Kier molecular flexibility index (Phi) is 3.80. The summed E-state index contributed by atoms with van der Waals surface area (Å²) < 4.78 is 0. The van der Waals surface area contributed by atoms with Gasteiger partial charge in [0.05, 0.1) is 0 Å². The van der Waals surface area contributed by atoms with E-state index in [-0.39, 0.29) is 0 Å². The molecule has 0 saturated carbocycles. The van der Waals surface area contributed by atoms with E-state index in [0.29, 0.717) is 0 Å². The highest BCUT2D eigenvalue weighted by molar-refractivity contribution is 5.46. The summed E-state index contributed by atoms with van der Waals surface area (Å²) in [6.07, 6.45) is 0. The fourth-order valence-corrected chi connectivity index (χ4v) is 2.59. The molecule has 1 radical (unpaired) electrons. The predicted octanol–water partition coefficient (Wildman–Crippen LogP) is 2.81. The normalized spacial score (nSPS) is 16.5. The molecule has 1 heterocycles. The van der Waals surface area contributed by atoms with Crippen LogP contribution in [-0.4, -0.2) is 31.1 Å². The summed E-state index contributed by atoms with van der Waals surface area (Å²) >= 11 is 0. The maximum Gasteiger partial charge on any atom is 0.0373 e. The second kappa shape index (κ2) is 5.89. The Balaban J connectivity index is 1.55. The standard InChI is InChI=1S/C17H19N2/c1-3-7-16(8-4-1)15-18-11-13-19(14-12-18)17-9-5-2-6-10-17/h1-5,7-10H,11-15H2. The fraction of sp³-hybridized carbons (Fsp3) is 0.294. The minimum Gasteiger partial charge on any atom is -0.369 e. The number of piperazine rings is 1. The topological polar surface area (TPSA) is 6.48 Å². The number of anilines is 1. The molecule has 1 aliphatic rings. The number of rotatable bonds is 3. The second-order valence-corrected chi connectivity index (χ2v) is 5.01. The van der Waals surface area contributed by atoms with Gasteiger partial charge in [-0.05, 0) is 23.8 Å². The number of nitrogens with zero attached hydrogens (tertiary/aromatic N) is 2. The predicted molar refractivity (Wildman–Crippen MR) is 79.2 cm³/mol. The first-order chi connectivity index (χ1) is 9.42. The molecule has 2 nitrogen and oxygen atoms in total. The Morgan fingerprint density at radius 1 is 0.895 bits per heavy atom. The zero-order valence-corrected chi connectivity index (χ0v) is 11.1. The maximum absolute atomic E-state index is 3.15. The van der Waals surface area contributed by atoms with Gasteiger partial charge >= 0.3 is 0 Å². The van der Waals surface area contributed by atoms with Crippen LogP contribution >= 0.6 is 0 Å². The van der Waals surface area contributed by atoms with Gasteiger partial charge < -0.3 is 4.90 Å². The maximum atomic E-state index is 3.15. The molecule has 19 heavy (non-hydrogen) atoms. The summed E-state index contributed by atoms with van der Waals surface area (Å²) in [5.41, 5.74) is 2.70. The van der Waals surface area contributed by atoms with Crippen molar-refractivity contribution in [2.45, 2.75) is 6.54 Å². The van der Waals surface area contributed by atoms with E-state index in [0.717, 1.165) is 32.7 Å². The summed E-state index contributed by atoms with van der Waals surface area (Å²) in [6.45, 7) is 5.53. The van der Waals surface area contributed by atoms with Crippen molar-refractivity contribution in [3.05, 3.63) is 66.2 Å². The third-order valence-electron chi connectivity index (χ3n) is 3.68. The molecule has 0 amide bonds. The van der Waals surface area contributed by atoms with Gasteiger partial charge in [-0.15, -0.1) is 0 Å². The highest BCUT2D eigenvalue weighted by Crippen LogP contribution is 2.16. The van der Waals surface area contributed by atoms with Gasteiger partial charge in [-0.2, -0.15) is 0 Å². The molecule has 1 saturated heterocycles. The Bertz CT molecular complexity index is 487. The van der Waals surface area contributed by atoms with Crippen molar-refractivity contribution in [1.29, 1.82) is 0 Å². The van der Waals surface area contributed by atoms with Crippen molar-refractivity contribution < 1.29 is 0 Å². The zero-order chi connectivity index (χ0) is 12.9. The van der Waals surface area contributed by atoms with Crippen LogP contribution in [0, 0.1) is 6.07 Å². The molecule has 0 atom stereocenters. The van der Waals surface area contributed by atoms with Crippen LogP contribution in [-0.2, 0) is 6.54 Å². The molecular weight excluding hydrogens is 232 g/mol. The smallest absolute Gasteiger partial charge is 0.0373 e. The van der Waals surface area contributed by atoms with Crippen molar-refractivity contribution in [2.24, 2.45) is 0 Å². The van der Waals surface area contributed by atoms with Crippen LogP contribution in [0.5, 0.6) is 0 Å². The Hall–Kier alpha value is -1.80. The molecule has 0 aliphatic carbocycles. The molecule has 0 spiro atoms. The van der Waals surface area contributed by atoms with Crippen LogP contribution in [0.2, 0.25) is 0 Å². The molecule has 0 aromatic heterocycles. The van der Waals surface area contributed by atoms with E-state index in [1.807, 2.05) is 6.07 Å². The van der Waals surface area contributed by atoms with E-state index in [9.17, 15) is 0 Å². The minimum atomic E-state index is 1.07. The Morgan fingerprint density at radius 2 is 1.68 bits per heavy atom. The first kappa shape index (κ1) is 12.2. The summed E-state index contributed by atoms with van der Waals surface area (Å²) in [5.74, 6) is 0. The van der Waals surface area contributed by atoms with Crippen molar-refractivity contribution in [1.82, 2.24) is 4.90 Å². The largest absolute Gasteiger partial charge is 0.369 e. The summed E-state index contributed by atoms with van der Waals surface area (Å²) in [5, 5.41) is 0. The highest BCUT2D eigenvalue weighted by atomic mass is 15.3. The van der Waals surface area contributed by atoms with Gasteiger partial charge in [0, 0.05) is 38.4 Å². The quantitative estimate of drug-likeness (QED) is 0.827. The van der Waals surface area contributed by atoms with E-state index >= 15 is 0 Å². The van der Waals surface area contributed by atoms with E-state index in [1.165, 1.54) is 11.3 Å².